The highest BCUT2D eigenvalue weighted by Crippen LogP contribution is 2.53. The summed E-state index contributed by atoms with van der Waals surface area (Å²) in [6.07, 6.45) is 0.105. The van der Waals surface area contributed by atoms with Crippen LogP contribution in [0.5, 0.6) is 0 Å². The van der Waals surface area contributed by atoms with Gasteiger partial charge in [-0.25, -0.2) is 0 Å². The number of ether oxygens (including phenoxy) is 2. The van der Waals surface area contributed by atoms with E-state index >= 15 is 0 Å². The van der Waals surface area contributed by atoms with E-state index in [9.17, 15) is 9.59 Å². The number of rotatable bonds is 8. The molecule has 0 spiro atoms. The molecule has 212 valence electrons. The van der Waals surface area contributed by atoms with E-state index in [1.165, 1.54) is 0 Å². The van der Waals surface area contributed by atoms with Gasteiger partial charge < -0.3 is 9.47 Å². The Hall–Kier alpha value is -3.44. The minimum Gasteiger partial charge on any atom is -0.460 e. The molecular weight excluding hydrogens is 498 g/mol. The Morgan fingerprint density at radius 1 is 0.750 bits per heavy atom. The molecule has 40 heavy (non-hydrogen) atoms. The molecule has 0 N–H and O–H groups in total. The lowest BCUT2D eigenvalue weighted by molar-refractivity contribution is -0.165. The molecule has 0 aromatic heterocycles. The lowest BCUT2D eigenvalue weighted by Crippen LogP contribution is -2.40. The zero-order chi connectivity index (χ0) is 29.1. The van der Waals surface area contributed by atoms with Gasteiger partial charge in [-0.1, -0.05) is 84.9 Å². The summed E-state index contributed by atoms with van der Waals surface area (Å²) < 4.78 is 11.8. The monoisotopic (exact) mass is 541 g/mol. The minimum atomic E-state index is -0.665. The Kier molecular flexibility index (Phi) is 8.84. The van der Waals surface area contributed by atoms with E-state index in [2.05, 4.69) is 48.2 Å². The van der Waals surface area contributed by atoms with Crippen LogP contribution in [0.15, 0.2) is 84.9 Å². The predicted molar refractivity (Wildman–Crippen MR) is 159 cm³/mol. The zero-order valence-electron chi connectivity index (χ0n) is 24.9. The summed E-state index contributed by atoms with van der Waals surface area (Å²) in [6.45, 7) is 14.1. The van der Waals surface area contributed by atoms with Crippen LogP contribution in [0.2, 0.25) is 0 Å². The van der Waals surface area contributed by atoms with Crippen LogP contribution in [0.25, 0.3) is 0 Å². The summed E-state index contributed by atoms with van der Waals surface area (Å²) in [6, 6.07) is 28.5. The van der Waals surface area contributed by atoms with Gasteiger partial charge in [0.15, 0.2) is 0 Å². The topological polar surface area (TPSA) is 55.8 Å². The minimum absolute atomic E-state index is 0.00956. The fourth-order valence-electron chi connectivity index (χ4n) is 5.77. The molecule has 4 rings (SSSR count). The van der Waals surface area contributed by atoms with Crippen LogP contribution in [-0.2, 0) is 25.6 Å². The molecule has 0 saturated heterocycles. The van der Waals surface area contributed by atoms with Crippen LogP contribution < -0.4 is 0 Å². The lowest BCUT2D eigenvalue weighted by Gasteiger charge is -2.39. The van der Waals surface area contributed by atoms with Gasteiger partial charge >= 0.3 is 11.9 Å². The summed E-state index contributed by atoms with van der Waals surface area (Å²) in [7, 11) is 0. The van der Waals surface area contributed by atoms with Crippen molar-refractivity contribution < 1.29 is 19.1 Å². The van der Waals surface area contributed by atoms with Gasteiger partial charge in [-0.3, -0.25) is 14.5 Å². The molecule has 3 aromatic carbocycles. The summed E-state index contributed by atoms with van der Waals surface area (Å²) in [5.74, 6) is -1.56. The van der Waals surface area contributed by atoms with Gasteiger partial charge in [-0.2, -0.15) is 0 Å². The number of esters is 2. The Morgan fingerprint density at radius 2 is 1.27 bits per heavy atom. The van der Waals surface area contributed by atoms with Gasteiger partial charge in [0.1, 0.15) is 11.2 Å². The first-order chi connectivity index (χ1) is 18.8. The smallest absolute Gasteiger partial charge is 0.312 e. The first kappa shape index (κ1) is 29.5. The van der Waals surface area contributed by atoms with E-state index in [4.69, 9.17) is 9.47 Å². The van der Waals surface area contributed by atoms with Crippen LogP contribution in [0.4, 0.5) is 0 Å². The average molecular weight is 542 g/mol. The van der Waals surface area contributed by atoms with Crippen LogP contribution in [0.1, 0.15) is 95.1 Å². The van der Waals surface area contributed by atoms with E-state index < -0.39 is 17.1 Å². The Balaban J connectivity index is 1.85. The summed E-state index contributed by atoms with van der Waals surface area (Å²) in [4.78, 5) is 29.7. The standard InChI is InChI=1S/C35H43NO4/c1-24(26-18-12-9-13-19-26)36(23-25-16-10-8-11-17-25)32-28-21-15-14-20-27(28)29(22-30(37)39-34(2,3)4)31(32)33(38)40-35(5,6)7/h8-21,24,29,31-32H,22-23H2,1-7H3/t24-,29+,31-,32-/m0/s1. The molecule has 0 fully saturated rings. The molecule has 0 heterocycles. The van der Waals surface area contributed by atoms with Gasteiger partial charge in [0, 0.05) is 24.5 Å². The molecule has 5 nitrogen and oxygen atoms in total. The third kappa shape index (κ3) is 7.19. The molecule has 0 unspecified atom stereocenters. The maximum atomic E-state index is 14.1. The number of fused-ring (bicyclic) bond motifs is 1. The Labute approximate surface area is 239 Å². The van der Waals surface area contributed by atoms with Gasteiger partial charge in [0.2, 0.25) is 0 Å². The number of hydrogen-bond acceptors (Lipinski definition) is 5. The van der Waals surface area contributed by atoms with Crippen molar-refractivity contribution in [3.63, 3.8) is 0 Å². The molecule has 5 heteroatoms. The van der Waals surface area contributed by atoms with Crippen molar-refractivity contribution in [3.05, 3.63) is 107 Å². The van der Waals surface area contributed by atoms with E-state index in [0.717, 1.165) is 22.3 Å². The van der Waals surface area contributed by atoms with E-state index in [-0.39, 0.29) is 36.4 Å². The van der Waals surface area contributed by atoms with Gasteiger partial charge in [-0.05, 0) is 70.7 Å². The highest BCUT2D eigenvalue weighted by Gasteiger charge is 2.50. The zero-order valence-corrected chi connectivity index (χ0v) is 24.9. The number of carbonyl (C=O) groups is 2. The second kappa shape index (κ2) is 12.0. The quantitative estimate of drug-likeness (QED) is 0.273. The first-order valence-electron chi connectivity index (χ1n) is 14.2. The van der Waals surface area contributed by atoms with Crippen molar-refractivity contribution in [1.82, 2.24) is 4.90 Å². The highest BCUT2D eigenvalue weighted by atomic mass is 16.6. The maximum Gasteiger partial charge on any atom is 0.312 e. The highest BCUT2D eigenvalue weighted by molar-refractivity contribution is 5.80. The molecule has 3 aromatic rings. The molecule has 0 bridgehead atoms. The molecule has 1 aliphatic carbocycles. The SMILES string of the molecule is C[C@@H](c1ccccc1)N(Cc1ccccc1)[C@H]1c2ccccc2[C@@H](CC(=O)OC(C)(C)C)[C@@H]1C(=O)OC(C)(C)C. The summed E-state index contributed by atoms with van der Waals surface area (Å²) >= 11 is 0. The van der Waals surface area contributed by atoms with Crippen molar-refractivity contribution in [2.24, 2.45) is 5.92 Å². The second-order valence-electron chi connectivity index (χ2n) is 12.8. The predicted octanol–water partition coefficient (Wildman–Crippen LogP) is 7.78. The third-order valence-electron chi connectivity index (χ3n) is 7.32. The van der Waals surface area contributed by atoms with Gasteiger partial charge in [0.25, 0.3) is 0 Å². The number of benzene rings is 3. The largest absolute Gasteiger partial charge is 0.460 e. The molecular formula is C35H43NO4. The third-order valence-corrected chi connectivity index (χ3v) is 7.32. The normalized spacial score (nSPS) is 19.6. The maximum absolute atomic E-state index is 14.1. The average Bonchev–Trinajstić information content (AvgIpc) is 3.20. The molecule has 0 aliphatic heterocycles. The van der Waals surface area contributed by atoms with E-state index in [1.54, 1.807) is 0 Å². The van der Waals surface area contributed by atoms with Crippen molar-refractivity contribution in [2.75, 3.05) is 0 Å². The Morgan fingerprint density at radius 3 is 1.85 bits per heavy atom. The second-order valence-corrected chi connectivity index (χ2v) is 12.8. The van der Waals surface area contributed by atoms with Crippen molar-refractivity contribution in [3.8, 4) is 0 Å². The first-order valence-corrected chi connectivity index (χ1v) is 14.2. The van der Waals surface area contributed by atoms with Gasteiger partial charge in [0.05, 0.1) is 12.3 Å². The van der Waals surface area contributed by atoms with E-state index in [0.29, 0.717) is 6.54 Å². The lowest BCUT2D eigenvalue weighted by atomic mass is 9.86. The number of hydrogen-bond donors (Lipinski definition) is 0. The molecule has 4 atom stereocenters. The number of nitrogens with zero attached hydrogens (tertiary/aromatic N) is 1. The fraction of sp³-hybridized carbons (Fsp3) is 0.429. The van der Waals surface area contributed by atoms with Crippen molar-refractivity contribution in [1.29, 1.82) is 0 Å². The summed E-state index contributed by atoms with van der Waals surface area (Å²) in [5, 5.41) is 0. The fourth-order valence-corrected chi connectivity index (χ4v) is 5.77. The van der Waals surface area contributed by atoms with Gasteiger partial charge in [-0.15, -0.1) is 0 Å². The molecule has 0 amide bonds. The van der Waals surface area contributed by atoms with Crippen LogP contribution in [0.3, 0.4) is 0 Å². The van der Waals surface area contributed by atoms with Crippen LogP contribution >= 0.6 is 0 Å². The summed E-state index contributed by atoms with van der Waals surface area (Å²) in [5.41, 5.74) is 3.10. The molecule has 1 aliphatic rings. The van der Waals surface area contributed by atoms with E-state index in [1.807, 2.05) is 90.1 Å². The molecule has 0 radical (unpaired) electrons. The van der Waals surface area contributed by atoms with Crippen molar-refractivity contribution >= 4 is 11.9 Å². The van der Waals surface area contributed by atoms with Crippen molar-refractivity contribution in [2.45, 2.75) is 90.6 Å². The van der Waals surface area contributed by atoms with Crippen LogP contribution in [-0.4, -0.2) is 28.0 Å². The number of carbonyl (C=O) groups excluding carboxylic acids is 2. The van der Waals surface area contributed by atoms with Crippen LogP contribution in [0, 0.1) is 5.92 Å². The molecule has 0 saturated carbocycles. The Bertz CT molecular complexity index is 1290.